The highest BCUT2D eigenvalue weighted by atomic mass is 32.1. The van der Waals surface area contributed by atoms with Gasteiger partial charge in [0.1, 0.15) is 4.88 Å². The lowest BCUT2D eigenvalue weighted by Crippen LogP contribution is -2.27. The molecule has 0 radical (unpaired) electrons. The molecule has 98 valence electrons. The molecule has 0 aliphatic rings. The van der Waals surface area contributed by atoms with Crippen LogP contribution in [-0.4, -0.2) is 29.1 Å². The highest BCUT2D eigenvalue weighted by molar-refractivity contribution is 7.14. The summed E-state index contributed by atoms with van der Waals surface area (Å²) in [5.74, 6) is -0.884. The molecule has 0 spiro atoms. The molecule has 1 rings (SSSR count). The van der Waals surface area contributed by atoms with E-state index in [2.05, 4.69) is 11.0 Å². The van der Waals surface area contributed by atoms with Crippen molar-refractivity contribution in [3.8, 4) is 6.07 Å². The SMILES string of the molecule is CCN(Cc1cc(C(=O)O)sc1C)CC(C)C#N. The first-order valence-electron chi connectivity index (χ1n) is 5.92. The molecule has 1 aromatic rings. The zero-order chi connectivity index (χ0) is 13.7. The summed E-state index contributed by atoms with van der Waals surface area (Å²) in [6, 6.07) is 3.96. The van der Waals surface area contributed by atoms with Crippen molar-refractivity contribution in [1.29, 1.82) is 5.26 Å². The molecule has 0 aromatic carbocycles. The third kappa shape index (κ3) is 3.83. The number of rotatable bonds is 6. The maximum atomic E-state index is 10.9. The summed E-state index contributed by atoms with van der Waals surface area (Å²) in [7, 11) is 0. The molecule has 0 amide bonds. The molecule has 0 saturated heterocycles. The Labute approximate surface area is 111 Å². The summed E-state index contributed by atoms with van der Waals surface area (Å²) in [5, 5.41) is 17.8. The second kappa shape index (κ2) is 6.53. The van der Waals surface area contributed by atoms with Crippen molar-refractivity contribution in [3.63, 3.8) is 0 Å². The molecule has 5 heteroatoms. The maximum Gasteiger partial charge on any atom is 0.345 e. The normalized spacial score (nSPS) is 12.4. The predicted molar refractivity (Wildman–Crippen MR) is 71.7 cm³/mol. The maximum absolute atomic E-state index is 10.9. The van der Waals surface area contributed by atoms with Gasteiger partial charge in [-0.25, -0.2) is 4.79 Å². The number of nitrogens with zero attached hydrogens (tertiary/aromatic N) is 2. The van der Waals surface area contributed by atoms with Crippen molar-refractivity contribution >= 4 is 17.3 Å². The van der Waals surface area contributed by atoms with Crippen molar-refractivity contribution in [2.75, 3.05) is 13.1 Å². The molecular weight excluding hydrogens is 248 g/mol. The van der Waals surface area contributed by atoms with Gasteiger partial charge in [-0.15, -0.1) is 11.3 Å². The second-order valence-corrected chi connectivity index (χ2v) is 5.61. The van der Waals surface area contributed by atoms with Gasteiger partial charge in [-0.3, -0.25) is 4.90 Å². The predicted octanol–water partition coefficient (Wildman–Crippen LogP) is 2.74. The van der Waals surface area contributed by atoms with Crippen LogP contribution in [0.2, 0.25) is 0 Å². The number of nitriles is 1. The molecule has 1 unspecified atom stereocenters. The molecule has 1 N–H and O–H groups in total. The van der Waals surface area contributed by atoms with E-state index in [1.165, 1.54) is 11.3 Å². The van der Waals surface area contributed by atoms with Crippen LogP contribution in [0.4, 0.5) is 0 Å². The van der Waals surface area contributed by atoms with E-state index in [9.17, 15) is 4.79 Å². The lowest BCUT2D eigenvalue weighted by Gasteiger charge is -2.21. The largest absolute Gasteiger partial charge is 0.477 e. The van der Waals surface area contributed by atoms with Gasteiger partial charge < -0.3 is 5.11 Å². The summed E-state index contributed by atoms with van der Waals surface area (Å²) >= 11 is 1.31. The van der Waals surface area contributed by atoms with E-state index >= 15 is 0 Å². The van der Waals surface area contributed by atoms with Crippen LogP contribution in [-0.2, 0) is 6.54 Å². The minimum atomic E-state index is -0.872. The fourth-order valence-corrected chi connectivity index (χ4v) is 2.63. The number of carboxylic acids is 1. The van der Waals surface area contributed by atoms with Crippen molar-refractivity contribution in [2.24, 2.45) is 5.92 Å². The van der Waals surface area contributed by atoms with Crippen molar-refractivity contribution < 1.29 is 9.90 Å². The smallest absolute Gasteiger partial charge is 0.345 e. The van der Waals surface area contributed by atoms with Gasteiger partial charge in [-0.05, 0) is 32.0 Å². The molecule has 0 aliphatic heterocycles. The van der Waals surface area contributed by atoms with E-state index in [4.69, 9.17) is 10.4 Å². The van der Waals surface area contributed by atoms with E-state index in [-0.39, 0.29) is 5.92 Å². The first-order valence-corrected chi connectivity index (χ1v) is 6.74. The van der Waals surface area contributed by atoms with Gasteiger partial charge in [0.15, 0.2) is 0 Å². The minimum absolute atomic E-state index is 0.0113. The van der Waals surface area contributed by atoms with E-state index in [0.29, 0.717) is 18.0 Å². The van der Waals surface area contributed by atoms with Crippen molar-refractivity contribution in [3.05, 3.63) is 21.4 Å². The lowest BCUT2D eigenvalue weighted by molar-refractivity contribution is 0.0702. The highest BCUT2D eigenvalue weighted by Gasteiger charge is 2.14. The number of carbonyl (C=O) groups is 1. The Morgan fingerprint density at radius 3 is 2.78 bits per heavy atom. The van der Waals surface area contributed by atoms with E-state index < -0.39 is 5.97 Å². The zero-order valence-corrected chi connectivity index (χ0v) is 11.8. The highest BCUT2D eigenvalue weighted by Crippen LogP contribution is 2.23. The average molecular weight is 266 g/mol. The summed E-state index contributed by atoms with van der Waals surface area (Å²) in [6.45, 7) is 8.15. The van der Waals surface area contributed by atoms with Crippen molar-refractivity contribution in [2.45, 2.75) is 27.3 Å². The molecule has 0 fully saturated rings. The van der Waals surface area contributed by atoms with E-state index in [1.54, 1.807) is 6.07 Å². The molecule has 18 heavy (non-hydrogen) atoms. The Balaban J connectivity index is 2.76. The number of aryl methyl sites for hydroxylation is 1. The minimum Gasteiger partial charge on any atom is -0.477 e. The molecular formula is C13H18N2O2S. The molecule has 4 nitrogen and oxygen atoms in total. The van der Waals surface area contributed by atoms with Crippen LogP contribution >= 0.6 is 11.3 Å². The van der Waals surface area contributed by atoms with Gasteiger partial charge >= 0.3 is 5.97 Å². The van der Waals surface area contributed by atoms with Gasteiger partial charge in [0.2, 0.25) is 0 Å². The molecule has 0 saturated carbocycles. The number of thiophene rings is 1. The Kier molecular flexibility index (Phi) is 5.32. The number of carboxylic acid groups (broad SMARTS) is 1. The Morgan fingerprint density at radius 2 is 2.33 bits per heavy atom. The quantitative estimate of drug-likeness (QED) is 0.860. The van der Waals surface area contributed by atoms with Gasteiger partial charge in [-0.2, -0.15) is 5.26 Å². The first kappa shape index (κ1) is 14.7. The fourth-order valence-electron chi connectivity index (χ4n) is 1.76. The van der Waals surface area contributed by atoms with Crippen LogP contribution in [0.3, 0.4) is 0 Å². The monoisotopic (exact) mass is 266 g/mol. The molecule has 0 bridgehead atoms. The van der Waals surface area contributed by atoms with Gasteiger partial charge in [0.25, 0.3) is 0 Å². The second-order valence-electron chi connectivity index (χ2n) is 4.36. The number of hydrogen-bond donors (Lipinski definition) is 1. The molecule has 1 atom stereocenters. The fraction of sp³-hybridized carbons (Fsp3) is 0.538. The Hall–Kier alpha value is -1.38. The number of aromatic carboxylic acids is 1. The Bertz CT molecular complexity index is 462. The zero-order valence-electron chi connectivity index (χ0n) is 10.9. The van der Waals surface area contributed by atoms with E-state index in [0.717, 1.165) is 17.0 Å². The van der Waals surface area contributed by atoms with Crippen molar-refractivity contribution in [1.82, 2.24) is 4.90 Å². The van der Waals surface area contributed by atoms with Crippen LogP contribution in [0.5, 0.6) is 0 Å². The third-order valence-corrected chi connectivity index (χ3v) is 3.91. The van der Waals surface area contributed by atoms with Crippen LogP contribution in [0, 0.1) is 24.2 Å². The lowest BCUT2D eigenvalue weighted by atomic mass is 10.1. The van der Waals surface area contributed by atoms with Crippen LogP contribution in [0.1, 0.15) is 34.0 Å². The molecule has 0 aliphatic carbocycles. The summed E-state index contributed by atoms with van der Waals surface area (Å²) in [6.07, 6.45) is 0. The third-order valence-electron chi connectivity index (χ3n) is 2.82. The summed E-state index contributed by atoms with van der Waals surface area (Å²) in [5.41, 5.74) is 1.05. The van der Waals surface area contributed by atoms with Crippen LogP contribution in [0.25, 0.3) is 0 Å². The Morgan fingerprint density at radius 1 is 1.67 bits per heavy atom. The van der Waals surface area contributed by atoms with Gasteiger partial charge in [0.05, 0.1) is 12.0 Å². The van der Waals surface area contributed by atoms with Gasteiger partial charge in [-0.1, -0.05) is 6.92 Å². The summed E-state index contributed by atoms with van der Waals surface area (Å²) in [4.78, 5) is 14.5. The number of hydrogen-bond acceptors (Lipinski definition) is 4. The first-order chi connectivity index (χ1) is 8.47. The van der Waals surface area contributed by atoms with E-state index in [1.807, 2.05) is 20.8 Å². The van der Waals surface area contributed by atoms with Gasteiger partial charge in [0, 0.05) is 18.0 Å². The molecule has 1 heterocycles. The standard InChI is InChI=1S/C13H18N2O2S/c1-4-15(7-9(2)6-14)8-11-5-12(13(16)17)18-10(11)3/h5,9H,4,7-8H2,1-3H3,(H,16,17). The molecule has 1 aromatic heterocycles. The van der Waals surface area contributed by atoms with Crippen LogP contribution < -0.4 is 0 Å². The van der Waals surface area contributed by atoms with Crippen LogP contribution in [0.15, 0.2) is 6.07 Å². The summed E-state index contributed by atoms with van der Waals surface area (Å²) < 4.78 is 0. The topological polar surface area (TPSA) is 64.3 Å². The average Bonchev–Trinajstić information content (AvgIpc) is 2.70.